The summed E-state index contributed by atoms with van der Waals surface area (Å²) in [6, 6.07) is 24.6. The number of ether oxygens (including phenoxy) is 1. The van der Waals surface area contributed by atoms with E-state index in [1.807, 2.05) is 88.7 Å². The van der Waals surface area contributed by atoms with E-state index in [-0.39, 0.29) is 48.7 Å². The first-order chi connectivity index (χ1) is 32.5. The van der Waals surface area contributed by atoms with Crippen LogP contribution in [-0.2, 0) is 14.4 Å². The van der Waals surface area contributed by atoms with Gasteiger partial charge in [0.25, 0.3) is 5.91 Å². The number of likely N-dealkylation sites (tertiary alicyclic amines) is 1. The first-order valence-corrected chi connectivity index (χ1v) is 24.4. The van der Waals surface area contributed by atoms with Crippen molar-refractivity contribution >= 4 is 62.6 Å². The van der Waals surface area contributed by atoms with Crippen molar-refractivity contribution in [1.82, 2.24) is 25.9 Å². The molecule has 1 aliphatic rings. The van der Waals surface area contributed by atoms with Crippen LogP contribution in [0.2, 0.25) is 0 Å². The van der Waals surface area contributed by atoms with Crippen LogP contribution in [0.5, 0.6) is 17.2 Å². The quantitative estimate of drug-likeness (QED) is 0.0276. The number of benzene rings is 4. The Morgan fingerprint density at radius 1 is 0.882 bits per heavy atom. The number of phenols is 2. The number of aromatic hydroxyl groups is 2. The van der Waals surface area contributed by atoms with Gasteiger partial charge in [-0.15, -0.1) is 22.7 Å². The molecule has 14 nitrogen and oxygen atoms in total. The molecule has 3 heterocycles. The molecule has 7 rings (SSSR count). The Balaban J connectivity index is 0.826. The van der Waals surface area contributed by atoms with E-state index < -0.39 is 35.4 Å². The molecule has 68 heavy (non-hydrogen) atoms. The van der Waals surface area contributed by atoms with Crippen LogP contribution in [0.4, 0.5) is 0 Å². The van der Waals surface area contributed by atoms with Gasteiger partial charge in [0.2, 0.25) is 17.7 Å². The van der Waals surface area contributed by atoms with Crippen LogP contribution in [-0.4, -0.2) is 86.4 Å². The second-order valence-corrected chi connectivity index (χ2v) is 20.1. The number of phenolic OH excluding ortho intramolecular Hbond substituents is 2. The minimum Gasteiger partial charge on any atom is -0.508 e. The van der Waals surface area contributed by atoms with Gasteiger partial charge in [-0.3, -0.25) is 19.2 Å². The van der Waals surface area contributed by atoms with Crippen LogP contribution >= 0.6 is 22.7 Å². The number of hydrogen-bond acceptors (Lipinski definition) is 12. The second kappa shape index (κ2) is 22.0. The van der Waals surface area contributed by atoms with Gasteiger partial charge >= 0.3 is 0 Å². The standard InChI is InChI=1S/C52H58N6O8S2/c1-31(34-13-15-35(16-14-34)46-32(2)53-30-67-46)55-49(63)42-26-39(61)29-58(42)51(65)48(52(3,4)5)56-44(62)10-8-6-7-9-25-66-40-22-11-33(12-23-40)28-54-57-50(64)45-41-24-21-38(60)27-43(41)68-47(45)36-17-19-37(59)20-18-36/h11-24,27-28,30-31,39,42,48,59-61H,6-10,25-26,29H2,1-5H3,(H,55,63)(H,56,62)(H,57,64). The molecule has 0 radical (unpaired) electrons. The fourth-order valence-corrected chi connectivity index (χ4v) is 10.2. The Morgan fingerprint density at radius 2 is 1.56 bits per heavy atom. The molecule has 4 unspecified atom stereocenters. The average molecular weight is 959 g/mol. The van der Waals surface area contributed by atoms with Crippen molar-refractivity contribution in [1.29, 1.82) is 0 Å². The minimum atomic E-state index is -0.893. The van der Waals surface area contributed by atoms with Gasteiger partial charge < -0.3 is 35.6 Å². The summed E-state index contributed by atoms with van der Waals surface area (Å²) in [5.41, 5.74) is 8.63. The fraction of sp³-hybridized carbons (Fsp3) is 0.346. The maximum absolute atomic E-state index is 14.1. The summed E-state index contributed by atoms with van der Waals surface area (Å²) >= 11 is 2.94. The lowest BCUT2D eigenvalue weighted by Gasteiger charge is -2.35. The van der Waals surface area contributed by atoms with Gasteiger partial charge in [-0.05, 0) is 121 Å². The number of hydrazone groups is 1. The number of carbonyl (C=O) groups is 4. The Morgan fingerprint density at radius 3 is 2.25 bits per heavy atom. The molecule has 0 saturated carbocycles. The molecule has 1 fully saturated rings. The number of β-amino-alcohol motifs (C(OH)–C–C–N with tert-alkyl or cyclic N) is 1. The van der Waals surface area contributed by atoms with Gasteiger partial charge in [0.15, 0.2) is 0 Å². The molecule has 0 aliphatic carbocycles. The van der Waals surface area contributed by atoms with Crippen LogP contribution in [0.25, 0.3) is 31.0 Å². The number of fused-ring (bicyclic) bond motifs is 1. The molecular formula is C52H58N6O8S2. The number of unbranched alkanes of at least 4 members (excludes halogenated alkanes) is 3. The third kappa shape index (κ3) is 12.3. The van der Waals surface area contributed by atoms with Crippen molar-refractivity contribution < 1.29 is 39.2 Å². The highest BCUT2D eigenvalue weighted by Crippen LogP contribution is 2.40. The van der Waals surface area contributed by atoms with E-state index in [2.05, 4.69) is 26.1 Å². The topological polar surface area (TPSA) is 203 Å². The fourth-order valence-electron chi connectivity index (χ4n) is 8.18. The monoisotopic (exact) mass is 958 g/mol. The largest absolute Gasteiger partial charge is 0.508 e. The van der Waals surface area contributed by atoms with Crippen molar-refractivity contribution in [2.45, 2.75) is 97.4 Å². The molecule has 4 aromatic carbocycles. The third-order valence-electron chi connectivity index (χ3n) is 11.9. The van der Waals surface area contributed by atoms with Crippen molar-refractivity contribution in [2.75, 3.05) is 13.2 Å². The lowest BCUT2D eigenvalue weighted by Crippen LogP contribution is -2.57. The maximum atomic E-state index is 14.1. The molecule has 4 amide bonds. The van der Waals surface area contributed by atoms with E-state index in [1.165, 1.54) is 22.3 Å². The zero-order valence-corrected chi connectivity index (χ0v) is 40.5. The predicted molar refractivity (Wildman–Crippen MR) is 267 cm³/mol. The van der Waals surface area contributed by atoms with Gasteiger partial charge in [0, 0.05) is 34.3 Å². The van der Waals surface area contributed by atoms with Crippen LogP contribution in [0.3, 0.4) is 0 Å². The second-order valence-electron chi connectivity index (χ2n) is 18.2. The first kappa shape index (κ1) is 49.3. The van der Waals surface area contributed by atoms with Crippen molar-refractivity contribution in [3.05, 3.63) is 119 Å². The molecule has 4 atom stereocenters. The summed E-state index contributed by atoms with van der Waals surface area (Å²) in [5, 5.41) is 41.3. The van der Waals surface area contributed by atoms with Gasteiger partial charge in [0.1, 0.15) is 29.3 Å². The van der Waals surface area contributed by atoms with E-state index in [0.29, 0.717) is 34.6 Å². The number of thiophene rings is 1. The summed E-state index contributed by atoms with van der Waals surface area (Å²) in [5.74, 6) is -0.504. The number of rotatable bonds is 18. The van der Waals surface area contributed by atoms with Gasteiger partial charge in [-0.1, -0.05) is 57.9 Å². The number of amides is 4. The number of carbonyl (C=O) groups excluding carboxylic acids is 4. The van der Waals surface area contributed by atoms with E-state index in [1.54, 1.807) is 53.9 Å². The van der Waals surface area contributed by atoms with Crippen LogP contribution in [0, 0.1) is 12.3 Å². The SMILES string of the molecule is Cc1ncsc1-c1ccc(C(C)NC(=O)C2CC(O)CN2C(=O)C(NC(=O)CCCCCCOc2ccc(C=NNC(=O)c3c(-c4ccc(O)cc4)sc4cc(O)ccc34)cc2)C(C)(C)C)cc1. The number of aliphatic hydroxyl groups is 1. The van der Waals surface area contributed by atoms with Gasteiger partial charge in [-0.2, -0.15) is 5.10 Å². The number of aromatic nitrogens is 1. The van der Waals surface area contributed by atoms with E-state index in [4.69, 9.17) is 4.74 Å². The van der Waals surface area contributed by atoms with Crippen LogP contribution < -0.4 is 20.8 Å². The molecule has 6 aromatic rings. The highest BCUT2D eigenvalue weighted by atomic mass is 32.1. The van der Waals surface area contributed by atoms with E-state index >= 15 is 0 Å². The molecule has 1 aliphatic heterocycles. The molecule has 356 valence electrons. The summed E-state index contributed by atoms with van der Waals surface area (Å²) in [6.07, 6.45) is 4.06. The maximum Gasteiger partial charge on any atom is 0.273 e. The molecule has 0 bridgehead atoms. The molecule has 1 saturated heterocycles. The predicted octanol–water partition coefficient (Wildman–Crippen LogP) is 8.87. The van der Waals surface area contributed by atoms with Crippen molar-refractivity contribution in [2.24, 2.45) is 10.5 Å². The van der Waals surface area contributed by atoms with Crippen LogP contribution in [0.1, 0.15) is 99.4 Å². The summed E-state index contributed by atoms with van der Waals surface area (Å²) in [7, 11) is 0. The Bertz CT molecular complexity index is 2750. The third-order valence-corrected chi connectivity index (χ3v) is 14.1. The van der Waals surface area contributed by atoms with Gasteiger partial charge in [-0.25, -0.2) is 10.4 Å². The normalized spacial score (nSPS) is 15.9. The zero-order valence-electron chi connectivity index (χ0n) is 38.8. The van der Waals surface area contributed by atoms with E-state index in [0.717, 1.165) is 56.8 Å². The number of aryl methyl sites for hydroxylation is 1. The zero-order chi connectivity index (χ0) is 48.5. The Kier molecular flexibility index (Phi) is 15.9. The van der Waals surface area contributed by atoms with Crippen molar-refractivity contribution in [3.63, 3.8) is 0 Å². The Hall–Kier alpha value is -6.62. The van der Waals surface area contributed by atoms with E-state index in [9.17, 15) is 34.5 Å². The smallest absolute Gasteiger partial charge is 0.273 e. The molecule has 6 N–H and O–H groups in total. The number of hydrogen-bond donors (Lipinski definition) is 6. The van der Waals surface area contributed by atoms with Gasteiger partial charge in [0.05, 0.1) is 46.6 Å². The highest BCUT2D eigenvalue weighted by molar-refractivity contribution is 7.22. The molecule has 16 heteroatoms. The number of aliphatic hydroxyl groups excluding tert-OH is 1. The first-order valence-electron chi connectivity index (χ1n) is 22.8. The number of nitrogens with one attached hydrogen (secondary N) is 3. The lowest BCUT2D eigenvalue weighted by atomic mass is 9.85. The average Bonchev–Trinajstić information content (AvgIpc) is 4.04. The molecule has 0 spiro atoms. The molecular weight excluding hydrogens is 901 g/mol. The number of nitrogens with zero attached hydrogens (tertiary/aromatic N) is 3. The highest BCUT2D eigenvalue weighted by Gasteiger charge is 2.44. The summed E-state index contributed by atoms with van der Waals surface area (Å²) < 4.78 is 6.68. The minimum absolute atomic E-state index is 0.00450. The number of thiazole rings is 1. The van der Waals surface area contributed by atoms with Crippen molar-refractivity contribution in [3.8, 4) is 38.1 Å². The summed E-state index contributed by atoms with van der Waals surface area (Å²) in [6.45, 7) is 9.96. The summed E-state index contributed by atoms with van der Waals surface area (Å²) in [4.78, 5) is 61.9. The van der Waals surface area contributed by atoms with Crippen LogP contribution in [0.15, 0.2) is 102 Å². The molecule has 2 aromatic heterocycles. The lowest BCUT2D eigenvalue weighted by molar-refractivity contribution is -0.144. The Labute approximate surface area is 404 Å².